The van der Waals surface area contributed by atoms with Gasteiger partial charge in [-0.05, 0) is 23.8 Å². The first-order valence-electron chi connectivity index (χ1n) is 6.63. The van der Waals surface area contributed by atoms with Gasteiger partial charge in [0, 0.05) is 24.1 Å². The molecule has 0 saturated carbocycles. The summed E-state index contributed by atoms with van der Waals surface area (Å²) < 4.78 is 0.746. The lowest BCUT2D eigenvalue weighted by Gasteiger charge is -2.22. The van der Waals surface area contributed by atoms with Crippen LogP contribution in [0.5, 0.6) is 5.75 Å². The number of carbonyl (C=O) groups excluding carboxylic acids is 1. The van der Waals surface area contributed by atoms with Crippen molar-refractivity contribution in [3.63, 3.8) is 0 Å². The maximum atomic E-state index is 12.6. The monoisotopic (exact) mass is 348 g/mol. The molecule has 0 unspecified atom stereocenters. The van der Waals surface area contributed by atoms with Crippen molar-refractivity contribution >= 4 is 21.8 Å². The van der Waals surface area contributed by atoms with Gasteiger partial charge in [0.25, 0.3) is 5.91 Å². The molecule has 0 heterocycles. The second-order valence-electron chi connectivity index (χ2n) is 4.66. The average Bonchev–Trinajstić information content (AvgIpc) is 2.49. The third-order valence-electron chi connectivity index (χ3n) is 3.09. The van der Waals surface area contributed by atoms with E-state index in [9.17, 15) is 9.90 Å². The molecule has 1 amide bonds. The summed E-state index contributed by atoms with van der Waals surface area (Å²) in [5.41, 5.74) is 6.90. The molecular weight excluding hydrogens is 332 g/mol. The summed E-state index contributed by atoms with van der Waals surface area (Å²) in [6, 6.07) is 14.5. The molecule has 0 radical (unpaired) electrons. The molecule has 0 atom stereocenters. The summed E-state index contributed by atoms with van der Waals surface area (Å²) >= 11 is 3.31. The molecule has 0 fully saturated rings. The standard InChI is InChI=1S/C16H17BrN2O2/c17-13-6-7-15(20)14(10-13)16(21)19(9-8-18)11-12-4-2-1-3-5-12/h1-7,10,20H,8-9,11,18H2. The number of phenols is 1. The van der Waals surface area contributed by atoms with Crippen LogP contribution in [0.25, 0.3) is 0 Å². The summed E-state index contributed by atoms with van der Waals surface area (Å²) in [6.45, 7) is 1.26. The Labute approximate surface area is 132 Å². The molecule has 0 bridgehead atoms. The fourth-order valence-electron chi connectivity index (χ4n) is 2.06. The Balaban J connectivity index is 2.25. The van der Waals surface area contributed by atoms with Gasteiger partial charge in [-0.25, -0.2) is 0 Å². The zero-order chi connectivity index (χ0) is 15.2. The van der Waals surface area contributed by atoms with Gasteiger partial charge >= 0.3 is 0 Å². The molecule has 2 aromatic carbocycles. The molecule has 0 aliphatic carbocycles. The van der Waals surface area contributed by atoms with Crippen LogP contribution in [0.3, 0.4) is 0 Å². The molecule has 110 valence electrons. The molecular formula is C16H17BrN2O2. The van der Waals surface area contributed by atoms with E-state index in [4.69, 9.17) is 5.73 Å². The summed E-state index contributed by atoms with van der Waals surface area (Å²) in [5, 5.41) is 9.89. The number of benzene rings is 2. The van der Waals surface area contributed by atoms with Crippen molar-refractivity contribution in [3.05, 3.63) is 64.1 Å². The zero-order valence-electron chi connectivity index (χ0n) is 11.5. The van der Waals surface area contributed by atoms with Crippen molar-refractivity contribution in [3.8, 4) is 5.75 Å². The highest BCUT2D eigenvalue weighted by Crippen LogP contribution is 2.23. The average molecular weight is 349 g/mol. The second kappa shape index (κ2) is 7.24. The summed E-state index contributed by atoms with van der Waals surface area (Å²) in [7, 11) is 0. The Morgan fingerprint density at radius 3 is 2.57 bits per heavy atom. The number of halogens is 1. The number of amides is 1. The lowest BCUT2D eigenvalue weighted by Crippen LogP contribution is -2.35. The number of nitrogens with two attached hydrogens (primary N) is 1. The lowest BCUT2D eigenvalue weighted by molar-refractivity contribution is 0.0745. The van der Waals surface area contributed by atoms with E-state index in [0.717, 1.165) is 10.0 Å². The minimum absolute atomic E-state index is 0.0294. The third-order valence-corrected chi connectivity index (χ3v) is 3.58. The number of carbonyl (C=O) groups is 1. The Hall–Kier alpha value is -1.85. The van der Waals surface area contributed by atoms with Gasteiger partial charge in [-0.3, -0.25) is 4.79 Å². The van der Waals surface area contributed by atoms with E-state index in [1.54, 1.807) is 17.0 Å². The van der Waals surface area contributed by atoms with Gasteiger partial charge in [0.1, 0.15) is 5.75 Å². The van der Waals surface area contributed by atoms with Crippen LogP contribution >= 0.6 is 15.9 Å². The van der Waals surface area contributed by atoms with Gasteiger partial charge in [-0.1, -0.05) is 46.3 Å². The number of rotatable bonds is 5. The molecule has 0 saturated heterocycles. The van der Waals surface area contributed by atoms with Crippen molar-refractivity contribution in [1.82, 2.24) is 4.90 Å². The van der Waals surface area contributed by atoms with Crippen LogP contribution in [0.1, 0.15) is 15.9 Å². The van der Waals surface area contributed by atoms with E-state index in [1.165, 1.54) is 6.07 Å². The van der Waals surface area contributed by atoms with E-state index in [-0.39, 0.29) is 17.2 Å². The highest BCUT2D eigenvalue weighted by atomic mass is 79.9. The minimum atomic E-state index is -0.233. The molecule has 3 N–H and O–H groups in total. The van der Waals surface area contributed by atoms with Gasteiger partial charge in [-0.2, -0.15) is 0 Å². The van der Waals surface area contributed by atoms with Crippen molar-refractivity contribution in [1.29, 1.82) is 0 Å². The molecule has 5 heteroatoms. The van der Waals surface area contributed by atoms with Gasteiger partial charge in [0.15, 0.2) is 0 Å². The van der Waals surface area contributed by atoms with Crippen molar-refractivity contribution in [2.45, 2.75) is 6.54 Å². The summed E-state index contributed by atoms with van der Waals surface area (Å²) in [5.74, 6) is -0.263. The van der Waals surface area contributed by atoms with Gasteiger partial charge in [0.05, 0.1) is 5.56 Å². The predicted molar refractivity (Wildman–Crippen MR) is 86.0 cm³/mol. The molecule has 0 spiro atoms. The molecule has 2 aromatic rings. The van der Waals surface area contributed by atoms with Crippen molar-refractivity contribution in [2.24, 2.45) is 5.73 Å². The molecule has 0 aliphatic rings. The third kappa shape index (κ3) is 4.06. The van der Waals surface area contributed by atoms with Crippen LogP contribution < -0.4 is 5.73 Å². The van der Waals surface area contributed by atoms with Crippen LogP contribution in [-0.4, -0.2) is 29.0 Å². The van der Waals surface area contributed by atoms with Gasteiger partial charge < -0.3 is 15.7 Å². The van der Waals surface area contributed by atoms with Gasteiger partial charge in [0.2, 0.25) is 0 Å². The Morgan fingerprint density at radius 2 is 1.90 bits per heavy atom. The number of hydrogen-bond donors (Lipinski definition) is 2. The quantitative estimate of drug-likeness (QED) is 0.872. The number of hydrogen-bond acceptors (Lipinski definition) is 3. The summed E-state index contributed by atoms with van der Waals surface area (Å²) in [4.78, 5) is 14.2. The normalized spacial score (nSPS) is 10.4. The molecule has 0 aliphatic heterocycles. The number of aromatic hydroxyl groups is 1. The maximum absolute atomic E-state index is 12.6. The van der Waals surface area contributed by atoms with Crippen molar-refractivity contribution < 1.29 is 9.90 Å². The highest BCUT2D eigenvalue weighted by Gasteiger charge is 2.19. The number of nitrogens with zero attached hydrogens (tertiary/aromatic N) is 1. The smallest absolute Gasteiger partial charge is 0.257 e. The molecule has 21 heavy (non-hydrogen) atoms. The first-order valence-corrected chi connectivity index (χ1v) is 7.43. The SMILES string of the molecule is NCCN(Cc1ccccc1)C(=O)c1cc(Br)ccc1O. The molecule has 4 nitrogen and oxygen atoms in total. The number of phenolic OH excluding ortho intramolecular Hbond substituents is 1. The fraction of sp³-hybridized carbons (Fsp3) is 0.188. The molecule has 0 aromatic heterocycles. The lowest BCUT2D eigenvalue weighted by atomic mass is 10.1. The highest BCUT2D eigenvalue weighted by molar-refractivity contribution is 9.10. The Bertz CT molecular complexity index is 617. The predicted octanol–water partition coefficient (Wildman–Crippen LogP) is 2.76. The van der Waals surface area contributed by atoms with Crippen molar-refractivity contribution in [2.75, 3.05) is 13.1 Å². The first-order chi connectivity index (χ1) is 10.1. The van der Waals surface area contributed by atoms with E-state index < -0.39 is 0 Å². The Kier molecular flexibility index (Phi) is 5.36. The van der Waals surface area contributed by atoms with E-state index in [1.807, 2.05) is 30.3 Å². The second-order valence-corrected chi connectivity index (χ2v) is 5.58. The van der Waals surface area contributed by atoms with Crippen LogP contribution in [0, 0.1) is 0 Å². The van der Waals surface area contributed by atoms with E-state index >= 15 is 0 Å². The topological polar surface area (TPSA) is 66.6 Å². The minimum Gasteiger partial charge on any atom is -0.507 e. The van der Waals surface area contributed by atoms with Crippen LogP contribution in [-0.2, 0) is 6.54 Å². The van der Waals surface area contributed by atoms with Crippen LogP contribution in [0.2, 0.25) is 0 Å². The Morgan fingerprint density at radius 1 is 1.19 bits per heavy atom. The zero-order valence-corrected chi connectivity index (χ0v) is 13.1. The molecule has 2 rings (SSSR count). The fourth-order valence-corrected chi connectivity index (χ4v) is 2.42. The maximum Gasteiger partial charge on any atom is 0.257 e. The van der Waals surface area contributed by atoms with E-state index in [0.29, 0.717) is 19.6 Å². The first kappa shape index (κ1) is 15.5. The summed E-state index contributed by atoms with van der Waals surface area (Å²) in [6.07, 6.45) is 0. The largest absolute Gasteiger partial charge is 0.507 e. The van der Waals surface area contributed by atoms with E-state index in [2.05, 4.69) is 15.9 Å². The van der Waals surface area contributed by atoms with Gasteiger partial charge in [-0.15, -0.1) is 0 Å². The van der Waals surface area contributed by atoms with Crippen LogP contribution in [0.4, 0.5) is 0 Å². The van der Waals surface area contributed by atoms with Crippen LogP contribution in [0.15, 0.2) is 53.0 Å².